The van der Waals surface area contributed by atoms with Crippen LogP contribution in [-0.2, 0) is 6.54 Å². The Morgan fingerprint density at radius 2 is 1.96 bits per heavy atom. The number of likely N-dealkylation sites (N-methyl/N-ethyl adjacent to an activating group) is 1. The first-order chi connectivity index (χ1) is 13.7. The van der Waals surface area contributed by atoms with Crippen molar-refractivity contribution in [1.82, 2.24) is 14.9 Å². The predicted octanol–water partition coefficient (Wildman–Crippen LogP) is 4.94. The Hall–Kier alpha value is -2.76. The van der Waals surface area contributed by atoms with Crippen LogP contribution in [0.3, 0.4) is 0 Å². The van der Waals surface area contributed by atoms with Crippen LogP contribution in [-0.4, -0.2) is 35.6 Å². The van der Waals surface area contributed by atoms with Gasteiger partial charge in [0.25, 0.3) is 0 Å². The maximum Gasteiger partial charge on any atom is 0.131 e. The molecule has 0 amide bonds. The minimum absolute atomic E-state index is 0.329. The van der Waals surface area contributed by atoms with Crippen molar-refractivity contribution in [3.63, 3.8) is 0 Å². The second-order valence-corrected chi connectivity index (χ2v) is 8.26. The highest BCUT2D eigenvalue weighted by Crippen LogP contribution is 2.42. The monoisotopic (exact) mass is 387 g/mol. The number of methoxy groups -OCH3 is 1. The third-order valence-electron chi connectivity index (χ3n) is 5.55. The molecule has 1 atom stereocenters. The van der Waals surface area contributed by atoms with Gasteiger partial charge in [0.2, 0.25) is 0 Å². The van der Waals surface area contributed by atoms with Crippen LogP contribution in [0.4, 0.5) is 0 Å². The lowest BCUT2D eigenvalue weighted by atomic mass is 9.83. The molecule has 5 rings (SSSR count). The van der Waals surface area contributed by atoms with Crippen LogP contribution in [0.15, 0.2) is 60.5 Å². The fraction of sp³-hybridized carbons (Fsp3) is 0.217. The van der Waals surface area contributed by atoms with Crippen LogP contribution < -0.4 is 4.74 Å². The number of fused-ring (bicyclic) bond motifs is 2. The van der Waals surface area contributed by atoms with Gasteiger partial charge in [0.15, 0.2) is 0 Å². The van der Waals surface area contributed by atoms with Gasteiger partial charge in [0, 0.05) is 52.8 Å². The Morgan fingerprint density at radius 3 is 2.79 bits per heavy atom. The molecule has 2 aromatic carbocycles. The zero-order chi connectivity index (χ0) is 19.1. The van der Waals surface area contributed by atoms with Gasteiger partial charge >= 0.3 is 0 Å². The van der Waals surface area contributed by atoms with E-state index >= 15 is 0 Å². The van der Waals surface area contributed by atoms with Gasteiger partial charge in [0.1, 0.15) is 12.1 Å². The summed E-state index contributed by atoms with van der Waals surface area (Å²) in [6, 6.07) is 13.5. The first kappa shape index (κ1) is 17.3. The van der Waals surface area contributed by atoms with E-state index in [2.05, 4.69) is 63.7 Å². The summed E-state index contributed by atoms with van der Waals surface area (Å²) in [6.07, 6.45) is 5.23. The third kappa shape index (κ3) is 2.87. The molecule has 0 bridgehead atoms. The average molecular weight is 388 g/mol. The van der Waals surface area contributed by atoms with Gasteiger partial charge in [0.05, 0.1) is 7.11 Å². The Bertz CT molecular complexity index is 1140. The van der Waals surface area contributed by atoms with Crippen molar-refractivity contribution in [2.75, 3.05) is 20.7 Å². The van der Waals surface area contributed by atoms with Gasteiger partial charge in [-0.3, -0.25) is 0 Å². The van der Waals surface area contributed by atoms with Gasteiger partial charge in [-0.1, -0.05) is 24.3 Å². The molecule has 5 heteroatoms. The first-order valence-corrected chi connectivity index (χ1v) is 10.2. The topological polar surface area (TPSA) is 38.3 Å². The molecule has 0 fully saturated rings. The van der Waals surface area contributed by atoms with Crippen molar-refractivity contribution in [1.29, 1.82) is 0 Å². The summed E-state index contributed by atoms with van der Waals surface area (Å²) in [7, 11) is 3.93. The highest BCUT2D eigenvalue weighted by atomic mass is 32.1. The standard InChI is InChI=1S/C23H21N3OS/c1-26-12-20(16-4-3-15-7-8-28-22(15)9-16)19-6-5-18(17-10-24-14-25-11-17)23(27-2)21(19)13-26/h3-11,14,20H,12-13H2,1-2H3. The van der Waals surface area contributed by atoms with Crippen LogP contribution in [0.2, 0.25) is 0 Å². The van der Waals surface area contributed by atoms with Crippen molar-refractivity contribution >= 4 is 21.4 Å². The smallest absolute Gasteiger partial charge is 0.131 e. The largest absolute Gasteiger partial charge is 0.496 e. The molecule has 0 N–H and O–H groups in total. The highest BCUT2D eigenvalue weighted by molar-refractivity contribution is 7.17. The van der Waals surface area contributed by atoms with Gasteiger partial charge in [-0.15, -0.1) is 11.3 Å². The summed E-state index contributed by atoms with van der Waals surface area (Å²) < 4.78 is 7.25. The molecule has 0 spiro atoms. The maximum atomic E-state index is 5.91. The number of thiophene rings is 1. The first-order valence-electron chi connectivity index (χ1n) is 9.35. The van der Waals surface area contributed by atoms with E-state index in [-0.39, 0.29) is 0 Å². The van der Waals surface area contributed by atoms with Crippen LogP contribution in [0.25, 0.3) is 21.2 Å². The molecule has 1 unspecified atom stereocenters. The van der Waals surface area contributed by atoms with Gasteiger partial charge < -0.3 is 9.64 Å². The normalized spacial score (nSPS) is 16.9. The van der Waals surface area contributed by atoms with E-state index in [4.69, 9.17) is 4.74 Å². The zero-order valence-corrected chi connectivity index (χ0v) is 16.7. The fourth-order valence-electron chi connectivity index (χ4n) is 4.25. The second-order valence-electron chi connectivity index (χ2n) is 7.31. The molecule has 0 radical (unpaired) electrons. The minimum Gasteiger partial charge on any atom is -0.496 e. The maximum absolute atomic E-state index is 5.91. The van der Waals surface area contributed by atoms with Gasteiger partial charge in [-0.05, 0) is 41.1 Å². The summed E-state index contributed by atoms with van der Waals surface area (Å²) in [5.74, 6) is 1.26. The fourth-order valence-corrected chi connectivity index (χ4v) is 5.09. The number of hydrogen-bond acceptors (Lipinski definition) is 5. The van der Waals surface area contributed by atoms with E-state index in [1.807, 2.05) is 12.4 Å². The lowest BCUT2D eigenvalue weighted by Gasteiger charge is -2.34. The predicted molar refractivity (Wildman–Crippen MR) is 114 cm³/mol. The highest BCUT2D eigenvalue weighted by Gasteiger charge is 2.29. The Labute approximate surface area is 168 Å². The van der Waals surface area contributed by atoms with Crippen molar-refractivity contribution in [2.45, 2.75) is 12.5 Å². The van der Waals surface area contributed by atoms with Crippen molar-refractivity contribution in [3.05, 3.63) is 77.2 Å². The Balaban J connectivity index is 1.66. The molecule has 1 aliphatic rings. The molecule has 28 heavy (non-hydrogen) atoms. The van der Waals surface area contributed by atoms with E-state index in [1.165, 1.54) is 26.8 Å². The molecule has 0 aliphatic carbocycles. The van der Waals surface area contributed by atoms with E-state index in [0.717, 1.165) is 30.0 Å². The number of hydrogen-bond donors (Lipinski definition) is 0. The van der Waals surface area contributed by atoms with E-state index in [1.54, 1.807) is 24.8 Å². The van der Waals surface area contributed by atoms with E-state index in [0.29, 0.717) is 5.92 Å². The molecule has 0 saturated heterocycles. The van der Waals surface area contributed by atoms with Crippen LogP contribution in [0.5, 0.6) is 5.75 Å². The summed E-state index contributed by atoms with van der Waals surface area (Å²) in [5.41, 5.74) is 6.00. The van der Waals surface area contributed by atoms with Crippen LogP contribution >= 0.6 is 11.3 Å². The van der Waals surface area contributed by atoms with Crippen molar-refractivity contribution in [2.24, 2.45) is 0 Å². The molecule has 140 valence electrons. The minimum atomic E-state index is 0.329. The average Bonchev–Trinajstić information content (AvgIpc) is 3.20. The molecular formula is C23H21N3OS. The molecule has 1 aliphatic heterocycles. The summed E-state index contributed by atoms with van der Waals surface area (Å²) in [6.45, 7) is 1.87. The number of nitrogens with zero attached hydrogens (tertiary/aromatic N) is 3. The summed E-state index contributed by atoms with van der Waals surface area (Å²) in [4.78, 5) is 10.7. The van der Waals surface area contributed by atoms with Gasteiger partial charge in [-0.2, -0.15) is 0 Å². The van der Waals surface area contributed by atoms with E-state index < -0.39 is 0 Å². The third-order valence-corrected chi connectivity index (χ3v) is 6.43. The number of aromatic nitrogens is 2. The molecule has 2 aromatic heterocycles. The van der Waals surface area contributed by atoms with E-state index in [9.17, 15) is 0 Å². The molecular weight excluding hydrogens is 366 g/mol. The number of rotatable bonds is 3. The Morgan fingerprint density at radius 1 is 1.11 bits per heavy atom. The summed E-state index contributed by atoms with van der Waals surface area (Å²) >= 11 is 1.80. The van der Waals surface area contributed by atoms with Crippen LogP contribution in [0.1, 0.15) is 22.6 Å². The lowest BCUT2D eigenvalue weighted by molar-refractivity contribution is 0.286. The quantitative estimate of drug-likeness (QED) is 0.499. The second kappa shape index (κ2) is 7.00. The van der Waals surface area contributed by atoms with Gasteiger partial charge in [-0.25, -0.2) is 9.97 Å². The molecule has 4 aromatic rings. The molecule has 0 saturated carbocycles. The van der Waals surface area contributed by atoms with Crippen LogP contribution in [0, 0.1) is 0 Å². The molecule has 3 heterocycles. The number of ether oxygens (including phenoxy) is 1. The SMILES string of the molecule is COc1c(-c2cncnc2)ccc2c1CN(C)CC2c1ccc2ccsc2c1. The van der Waals surface area contributed by atoms with Crippen molar-refractivity contribution < 1.29 is 4.74 Å². The Kier molecular flexibility index (Phi) is 4.34. The zero-order valence-electron chi connectivity index (χ0n) is 15.9. The molecule has 4 nitrogen and oxygen atoms in total. The summed E-state index contributed by atoms with van der Waals surface area (Å²) in [5, 5.41) is 3.47. The lowest BCUT2D eigenvalue weighted by Crippen LogP contribution is -2.31. The number of benzene rings is 2. The van der Waals surface area contributed by atoms with Crippen molar-refractivity contribution in [3.8, 4) is 16.9 Å².